The molecule has 11 heteroatoms. The predicted molar refractivity (Wildman–Crippen MR) is 132 cm³/mol. The number of ether oxygens (including phenoxy) is 3. The van der Waals surface area contributed by atoms with Gasteiger partial charge < -0.3 is 19.3 Å². The van der Waals surface area contributed by atoms with Gasteiger partial charge in [-0.15, -0.1) is 0 Å². The van der Waals surface area contributed by atoms with Crippen molar-refractivity contribution in [1.82, 2.24) is 4.90 Å². The molecule has 9 nitrogen and oxygen atoms in total. The van der Waals surface area contributed by atoms with Crippen molar-refractivity contribution in [3.8, 4) is 11.5 Å². The Balaban J connectivity index is 1.80. The van der Waals surface area contributed by atoms with Crippen LogP contribution in [0.4, 0.5) is 4.79 Å². The van der Waals surface area contributed by atoms with Gasteiger partial charge in [0, 0.05) is 0 Å². The number of carboxylic acid groups (broad SMARTS) is 1. The number of halogens is 1. The monoisotopic (exact) mass is 563 g/mol. The zero-order valence-electron chi connectivity index (χ0n) is 18.9. The van der Waals surface area contributed by atoms with Crippen molar-refractivity contribution in [2.45, 2.75) is 20.5 Å². The number of thioether (sulfide) groups is 1. The van der Waals surface area contributed by atoms with Crippen molar-refractivity contribution in [3.63, 3.8) is 0 Å². The molecule has 0 saturated carbocycles. The Kier molecular flexibility index (Phi) is 8.94. The van der Waals surface area contributed by atoms with Crippen LogP contribution in [0.5, 0.6) is 11.5 Å². The van der Waals surface area contributed by atoms with Gasteiger partial charge in [0.1, 0.15) is 13.2 Å². The molecule has 0 spiro atoms. The molecule has 0 atom stereocenters. The van der Waals surface area contributed by atoms with Crippen LogP contribution in [-0.4, -0.2) is 52.8 Å². The third kappa shape index (κ3) is 6.64. The van der Waals surface area contributed by atoms with Gasteiger partial charge in [0.25, 0.3) is 11.1 Å². The Morgan fingerprint density at radius 2 is 1.80 bits per heavy atom. The van der Waals surface area contributed by atoms with Gasteiger partial charge in [0.15, 0.2) is 11.5 Å². The summed E-state index contributed by atoms with van der Waals surface area (Å²) in [6, 6.07) is 9.72. The van der Waals surface area contributed by atoms with Crippen LogP contribution in [0.2, 0.25) is 0 Å². The van der Waals surface area contributed by atoms with Gasteiger partial charge in [-0.2, -0.15) is 0 Å². The van der Waals surface area contributed by atoms with Gasteiger partial charge in [0.2, 0.25) is 0 Å². The van der Waals surface area contributed by atoms with Crippen LogP contribution in [0.15, 0.2) is 45.8 Å². The van der Waals surface area contributed by atoms with Gasteiger partial charge in [-0.1, -0.05) is 12.1 Å². The van der Waals surface area contributed by atoms with Crippen molar-refractivity contribution >= 4 is 56.9 Å². The number of esters is 1. The third-order valence-corrected chi connectivity index (χ3v) is 6.18. The molecule has 2 aromatic rings. The van der Waals surface area contributed by atoms with Crippen LogP contribution < -0.4 is 9.47 Å². The quantitative estimate of drug-likeness (QED) is 0.323. The number of rotatable bonds is 10. The Morgan fingerprint density at radius 1 is 1.09 bits per heavy atom. The van der Waals surface area contributed by atoms with Crippen molar-refractivity contribution in [1.29, 1.82) is 0 Å². The number of aromatic carboxylic acids is 1. The first-order valence-electron chi connectivity index (χ1n) is 10.6. The van der Waals surface area contributed by atoms with Crippen molar-refractivity contribution in [2.75, 3.05) is 19.8 Å². The molecule has 1 heterocycles. The molecule has 0 radical (unpaired) electrons. The fraction of sp³-hybridized carbons (Fsp3) is 0.250. The minimum atomic E-state index is -1.01. The van der Waals surface area contributed by atoms with Crippen molar-refractivity contribution in [2.24, 2.45) is 0 Å². The van der Waals surface area contributed by atoms with E-state index in [0.29, 0.717) is 28.1 Å². The summed E-state index contributed by atoms with van der Waals surface area (Å²) in [7, 11) is 0. The summed E-state index contributed by atoms with van der Waals surface area (Å²) in [6.07, 6.45) is 1.54. The average Bonchev–Trinajstić information content (AvgIpc) is 3.06. The van der Waals surface area contributed by atoms with E-state index in [-0.39, 0.29) is 23.7 Å². The Morgan fingerprint density at radius 3 is 2.43 bits per heavy atom. The molecule has 1 fully saturated rings. The Labute approximate surface area is 214 Å². The summed E-state index contributed by atoms with van der Waals surface area (Å²) < 4.78 is 17.0. The van der Waals surface area contributed by atoms with E-state index in [1.165, 1.54) is 18.2 Å². The normalized spacial score (nSPS) is 14.4. The van der Waals surface area contributed by atoms with Crippen LogP contribution in [0.1, 0.15) is 35.3 Å². The average molecular weight is 564 g/mol. The van der Waals surface area contributed by atoms with Crippen LogP contribution in [0.25, 0.3) is 6.08 Å². The minimum Gasteiger partial charge on any atom is -0.490 e. The standard InChI is InChI=1S/C24H22BrNO8S/c1-3-32-18-10-15(11-19-22(28)26(24(31)35-19)12-20(27)33-4-2)9-17(25)21(18)34-13-14-5-7-16(8-6-14)23(29)30/h5-11H,3-4,12-13H2,1-2H3,(H,29,30)/b19-11+. The lowest BCUT2D eigenvalue weighted by Gasteiger charge is -2.15. The van der Waals surface area contributed by atoms with Crippen molar-refractivity contribution < 1.29 is 38.5 Å². The fourth-order valence-electron chi connectivity index (χ4n) is 3.10. The summed E-state index contributed by atoms with van der Waals surface area (Å²) in [4.78, 5) is 48.6. The fourth-order valence-corrected chi connectivity index (χ4v) is 4.51. The second kappa shape index (κ2) is 11.9. The van der Waals surface area contributed by atoms with Crippen molar-refractivity contribution in [3.05, 3.63) is 62.5 Å². The zero-order chi connectivity index (χ0) is 25.5. The van der Waals surface area contributed by atoms with E-state index in [4.69, 9.17) is 19.3 Å². The molecule has 3 rings (SSSR count). The number of benzene rings is 2. The Bertz CT molecular complexity index is 1180. The second-order valence-corrected chi connectivity index (χ2v) is 8.97. The van der Waals surface area contributed by atoms with Crippen LogP contribution >= 0.6 is 27.7 Å². The highest BCUT2D eigenvalue weighted by Gasteiger charge is 2.36. The molecule has 0 aliphatic carbocycles. The topological polar surface area (TPSA) is 119 Å². The summed E-state index contributed by atoms with van der Waals surface area (Å²) in [5, 5.41) is 8.48. The SMILES string of the molecule is CCOC(=O)CN1C(=O)S/C(=C/c2cc(Br)c(OCc3ccc(C(=O)O)cc3)c(OCC)c2)C1=O. The number of nitrogens with zero attached hydrogens (tertiary/aromatic N) is 1. The summed E-state index contributed by atoms with van der Waals surface area (Å²) >= 11 is 4.21. The number of hydrogen-bond donors (Lipinski definition) is 1. The molecule has 0 bridgehead atoms. The van der Waals surface area contributed by atoms with Crippen LogP contribution in [0.3, 0.4) is 0 Å². The molecule has 1 saturated heterocycles. The number of imide groups is 1. The number of carboxylic acids is 1. The molecule has 35 heavy (non-hydrogen) atoms. The summed E-state index contributed by atoms with van der Waals surface area (Å²) in [6.45, 7) is 3.70. The molecular weight excluding hydrogens is 542 g/mol. The molecule has 1 N–H and O–H groups in total. The smallest absolute Gasteiger partial charge is 0.335 e. The highest BCUT2D eigenvalue weighted by Crippen LogP contribution is 2.39. The van der Waals surface area contributed by atoms with Gasteiger partial charge >= 0.3 is 11.9 Å². The predicted octanol–water partition coefficient (Wildman–Crippen LogP) is 4.72. The van der Waals surface area contributed by atoms with Gasteiger partial charge in [-0.05, 0) is 83.0 Å². The second-order valence-electron chi connectivity index (χ2n) is 7.13. The lowest BCUT2D eigenvalue weighted by Crippen LogP contribution is -2.34. The first kappa shape index (κ1) is 26.3. The highest BCUT2D eigenvalue weighted by atomic mass is 79.9. The number of carbonyl (C=O) groups excluding carboxylic acids is 3. The van der Waals surface area contributed by atoms with E-state index in [1.54, 1.807) is 31.2 Å². The molecule has 1 aliphatic rings. The summed E-state index contributed by atoms with van der Waals surface area (Å²) in [5.41, 5.74) is 1.53. The van der Waals surface area contributed by atoms with E-state index in [0.717, 1.165) is 22.2 Å². The third-order valence-electron chi connectivity index (χ3n) is 4.68. The largest absolute Gasteiger partial charge is 0.490 e. The van der Waals surface area contributed by atoms with E-state index < -0.39 is 29.6 Å². The Hall–Kier alpha value is -3.31. The maximum absolute atomic E-state index is 12.7. The number of hydrogen-bond acceptors (Lipinski definition) is 8. The lowest BCUT2D eigenvalue weighted by atomic mass is 10.1. The van der Waals surface area contributed by atoms with E-state index in [1.807, 2.05) is 6.92 Å². The molecule has 2 amide bonds. The molecule has 2 aromatic carbocycles. The number of amides is 2. The first-order chi connectivity index (χ1) is 16.7. The van der Waals surface area contributed by atoms with E-state index in [2.05, 4.69) is 15.9 Å². The first-order valence-corrected chi connectivity index (χ1v) is 12.2. The van der Waals surface area contributed by atoms with E-state index in [9.17, 15) is 19.2 Å². The lowest BCUT2D eigenvalue weighted by molar-refractivity contribution is -0.145. The summed E-state index contributed by atoms with van der Waals surface area (Å²) in [5.74, 6) is -1.39. The maximum Gasteiger partial charge on any atom is 0.335 e. The van der Waals surface area contributed by atoms with Gasteiger partial charge in [-0.3, -0.25) is 19.3 Å². The molecule has 1 aliphatic heterocycles. The molecule has 0 unspecified atom stereocenters. The molecular formula is C24H22BrNO8S. The number of carbonyl (C=O) groups is 4. The van der Waals surface area contributed by atoms with Crippen LogP contribution in [-0.2, 0) is 20.9 Å². The van der Waals surface area contributed by atoms with E-state index >= 15 is 0 Å². The zero-order valence-corrected chi connectivity index (χ0v) is 21.3. The van der Waals surface area contributed by atoms with Gasteiger partial charge in [-0.25, -0.2) is 4.79 Å². The molecule has 0 aromatic heterocycles. The minimum absolute atomic E-state index is 0.154. The molecule has 184 valence electrons. The highest BCUT2D eigenvalue weighted by molar-refractivity contribution is 9.10. The van der Waals surface area contributed by atoms with Gasteiger partial charge in [0.05, 0.1) is 28.2 Å². The maximum atomic E-state index is 12.7. The van der Waals surface area contributed by atoms with Crippen LogP contribution in [0, 0.1) is 0 Å².